The summed E-state index contributed by atoms with van der Waals surface area (Å²) >= 11 is 0. The van der Waals surface area contributed by atoms with Gasteiger partial charge in [0, 0.05) is 5.69 Å². The monoisotopic (exact) mass is 188 g/mol. The number of hydrogen-bond donors (Lipinski definition) is 1. The van der Waals surface area contributed by atoms with Gasteiger partial charge in [-0.3, -0.25) is 0 Å². The van der Waals surface area contributed by atoms with E-state index in [-0.39, 0.29) is 5.41 Å². The van der Waals surface area contributed by atoms with Gasteiger partial charge < -0.3 is 5.32 Å². The van der Waals surface area contributed by atoms with Gasteiger partial charge in [0.25, 0.3) is 0 Å². The molecule has 0 fully saturated rings. The number of hydrogen-bond acceptors (Lipinski definition) is 2. The van der Waals surface area contributed by atoms with Gasteiger partial charge in [0.2, 0.25) is 0 Å². The molecule has 14 heavy (non-hydrogen) atoms. The smallest absolute Gasteiger partial charge is 0.103 e. The second-order valence-electron chi connectivity index (χ2n) is 4.31. The van der Waals surface area contributed by atoms with Gasteiger partial charge in [-0.05, 0) is 17.0 Å². The van der Waals surface area contributed by atoms with Crippen LogP contribution in [0.1, 0.15) is 26.3 Å². The number of rotatable bonds is 2. The van der Waals surface area contributed by atoms with E-state index < -0.39 is 0 Å². The zero-order valence-corrected chi connectivity index (χ0v) is 8.96. The minimum atomic E-state index is 0.110. The SMILES string of the molecule is CC(C)(C)c1ccccc1NCC#N. The van der Waals surface area contributed by atoms with Gasteiger partial charge in [0.1, 0.15) is 6.54 Å². The van der Waals surface area contributed by atoms with Crippen LogP contribution < -0.4 is 5.32 Å². The van der Waals surface area contributed by atoms with Crippen molar-refractivity contribution in [3.63, 3.8) is 0 Å². The van der Waals surface area contributed by atoms with Crippen molar-refractivity contribution < 1.29 is 0 Å². The highest BCUT2D eigenvalue weighted by atomic mass is 14.9. The van der Waals surface area contributed by atoms with E-state index >= 15 is 0 Å². The second-order valence-corrected chi connectivity index (χ2v) is 4.31. The molecule has 0 aromatic heterocycles. The first kappa shape index (κ1) is 10.6. The van der Waals surface area contributed by atoms with Crippen molar-refractivity contribution in [2.24, 2.45) is 0 Å². The molecule has 1 N–H and O–H groups in total. The molecule has 2 heteroatoms. The lowest BCUT2D eigenvalue weighted by molar-refractivity contribution is 0.592. The Morgan fingerprint density at radius 3 is 2.50 bits per heavy atom. The largest absolute Gasteiger partial charge is 0.372 e. The Bertz CT molecular complexity index is 342. The minimum Gasteiger partial charge on any atom is -0.372 e. The average molecular weight is 188 g/mol. The molecule has 0 radical (unpaired) electrons. The molecule has 2 nitrogen and oxygen atoms in total. The molecule has 1 aromatic rings. The van der Waals surface area contributed by atoms with Crippen LogP contribution in [0.3, 0.4) is 0 Å². The van der Waals surface area contributed by atoms with Crippen molar-refractivity contribution in [2.75, 3.05) is 11.9 Å². The maximum Gasteiger partial charge on any atom is 0.103 e. The van der Waals surface area contributed by atoms with E-state index in [1.807, 2.05) is 18.2 Å². The molecule has 0 amide bonds. The summed E-state index contributed by atoms with van der Waals surface area (Å²) in [7, 11) is 0. The van der Waals surface area contributed by atoms with Gasteiger partial charge in [0.05, 0.1) is 6.07 Å². The fourth-order valence-corrected chi connectivity index (χ4v) is 1.43. The predicted octanol–water partition coefficient (Wildman–Crippen LogP) is 2.92. The van der Waals surface area contributed by atoms with Gasteiger partial charge in [0.15, 0.2) is 0 Å². The van der Waals surface area contributed by atoms with Gasteiger partial charge in [-0.25, -0.2) is 0 Å². The zero-order valence-electron chi connectivity index (χ0n) is 8.96. The van der Waals surface area contributed by atoms with Crippen molar-refractivity contribution in [3.05, 3.63) is 29.8 Å². The number of nitrogens with one attached hydrogen (secondary N) is 1. The Hall–Kier alpha value is -1.49. The first-order valence-corrected chi connectivity index (χ1v) is 4.76. The lowest BCUT2D eigenvalue weighted by atomic mass is 9.86. The minimum absolute atomic E-state index is 0.110. The topological polar surface area (TPSA) is 35.8 Å². The Morgan fingerprint density at radius 2 is 1.93 bits per heavy atom. The number of anilines is 1. The summed E-state index contributed by atoms with van der Waals surface area (Å²) < 4.78 is 0. The van der Waals surface area contributed by atoms with E-state index in [1.54, 1.807) is 0 Å². The van der Waals surface area contributed by atoms with Crippen LogP contribution in [0.5, 0.6) is 0 Å². The summed E-state index contributed by atoms with van der Waals surface area (Å²) in [6.07, 6.45) is 0. The summed E-state index contributed by atoms with van der Waals surface area (Å²) in [5, 5.41) is 11.6. The van der Waals surface area contributed by atoms with Crippen molar-refractivity contribution in [1.29, 1.82) is 5.26 Å². The summed E-state index contributed by atoms with van der Waals surface area (Å²) in [4.78, 5) is 0. The highest BCUT2D eigenvalue weighted by molar-refractivity contribution is 5.54. The van der Waals surface area contributed by atoms with Crippen LogP contribution >= 0.6 is 0 Å². The molecule has 1 aromatic carbocycles. The molecule has 0 heterocycles. The lowest BCUT2D eigenvalue weighted by Crippen LogP contribution is -2.14. The number of nitrogens with zero attached hydrogens (tertiary/aromatic N) is 1. The summed E-state index contributed by atoms with van der Waals surface area (Å²) in [6.45, 7) is 6.85. The fraction of sp³-hybridized carbons (Fsp3) is 0.417. The van der Waals surface area contributed by atoms with Crippen LogP contribution in [-0.2, 0) is 5.41 Å². The highest BCUT2D eigenvalue weighted by Gasteiger charge is 2.16. The highest BCUT2D eigenvalue weighted by Crippen LogP contribution is 2.28. The molecular weight excluding hydrogens is 172 g/mol. The molecule has 0 aliphatic carbocycles. The molecule has 0 unspecified atom stereocenters. The molecule has 74 valence electrons. The number of nitriles is 1. The summed E-state index contributed by atoms with van der Waals surface area (Å²) in [5.74, 6) is 0. The average Bonchev–Trinajstić information content (AvgIpc) is 2.14. The van der Waals surface area contributed by atoms with Crippen LogP contribution in [-0.4, -0.2) is 6.54 Å². The predicted molar refractivity (Wildman–Crippen MR) is 59.2 cm³/mol. The third-order valence-electron chi connectivity index (χ3n) is 2.09. The van der Waals surface area contributed by atoms with Gasteiger partial charge in [-0.2, -0.15) is 5.26 Å². The molecular formula is C12H16N2. The van der Waals surface area contributed by atoms with Crippen molar-refractivity contribution in [2.45, 2.75) is 26.2 Å². The molecule has 0 atom stereocenters. The molecule has 0 saturated carbocycles. The van der Waals surface area contributed by atoms with Crippen LogP contribution in [0, 0.1) is 11.3 Å². The van der Waals surface area contributed by atoms with Crippen molar-refractivity contribution >= 4 is 5.69 Å². The first-order chi connectivity index (χ1) is 6.55. The summed E-state index contributed by atoms with van der Waals surface area (Å²) in [5.41, 5.74) is 2.41. The Kier molecular flexibility index (Phi) is 3.14. The Labute approximate surface area is 85.6 Å². The second kappa shape index (κ2) is 4.15. The standard InChI is InChI=1S/C12H16N2/c1-12(2,3)10-6-4-5-7-11(10)14-9-8-13/h4-7,14H,9H2,1-3H3. The molecule has 0 bridgehead atoms. The molecule has 1 rings (SSSR count). The molecule has 0 aliphatic heterocycles. The Balaban J connectivity index is 2.99. The van der Waals surface area contributed by atoms with Crippen LogP contribution in [0.15, 0.2) is 24.3 Å². The fourth-order valence-electron chi connectivity index (χ4n) is 1.43. The third-order valence-corrected chi connectivity index (χ3v) is 2.09. The van der Waals surface area contributed by atoms with Gasteiger partial charge in [-0.1, -0.05) is 39.0 Å². The molecule has 0 saturated heterocycles. The van der Waals surface area contributed by atoms with E-state index in [2.05, 4.69) is 38.2 Å². The van der Waals surface area contributed by atoms with E-state index in [0.29, 0.717) is 6.54 Å². The number of benzene rings is 1. The quantitative estimate of drug-likeness (QED) is 0.724. The van der Waals surface area contributed by atoms with Gasteiger partial charge in [-0.15, -0.1) is 0 Å². The molecule has 0 spiro atoms. The Morgan fingerprint density at radius 1 is 1.29 bits per heavy atom. The molecule has 0 aliphatic rings. The van der Waals surface area contributed by atoms with E-state index in [4.69, 9.17) is 5.26 Å². The van der Waals surface area contributed by atoms with E-state index in [1.165, 1.54) is 5.56 Å². The summed E-state index contributed by atoms with van der Waals surface area (Å²) in [6, 6.07) is 10.2. The van der Waals surface area contributed by atoms with Crippen LogP contribution in [0.4, 0.5) is 5.69 Å². The van der Waals surface area contributed by atoms with Crippen molar-refractivity contribution in [1.82, 2.24) is 0 Å². The zero-order chi connectivity index (χ0) is 10.6. The maximum absolute atomic E-state index is 8.51. The number of para-hydroxylation sites is 1. The first-order valence-electron chi connectivity index (χ1n) is 4.76. The third kappa shape index (κ3) is 2.50. The van der Waals surface area contributed by atoms with Gasteiger partial charge >= 0.3 is 0 Å². The van der Waals surface area contributed by atoms with E-state index in [0.717, 1.165) is 5.69 Å². The van der Waals surface area contributed by atoms with Crippen LogP contribution in [0.25, 0.3) is 0 Å². The van der Waals surface area contributed by atoms with Crippen molar-refractivity contribution in [3.8, 4) is 6.07 Å². The lowest BCUT2D eigenvalue weighted by Gasteiger charge is -2.22. The van der Waals surface area contributed by atoms with Crippen LogP contribution in [0.2, 0.25) is 0 Å². The normalized spacial score (nSPS) is 10.7. The maximum atomic E-state index is 8.51. The van der Waals surface area contributed by atoms with E-state index in [9.17, 15) is 0 Å².